The Morgan fingerprint density at radius 2 is 1.64 bits per heavy atom. The molecule has 2 saturated carbocycles. The zero-order chi connectivity index (χ0) is 7.84. The minimum absolute atomic E-state index is 0.638. The Morgan fingerprint density at radius 3 is 1.91 bits per heavy atom. The summed E-state index contributed by atoms with van der Waals surface area (Å²) in [5, 5.41) is 8.56. The molecule has 0 bridgehead atoms. The van der Waals surface area contributed by atoms with Crippen molar-refractivity contribution in [1.82, 2.24) is 0 Å². The minimum atomic E-state index is -0.765. The SMILES string of the molecule is O=C(O)C=C(C1CC1)C1CC1. The standard InChI is InChI=1S/C9H12O2/c10-9(11)5-8(6-1-2-6)7-3-4-7/h5-7H,1-4H2,(H,10,11). The van der Waals surface area contributed by atoms with E-state index in [0.717, 1.165) is 0 Å². The molecule has 0 atom stereocenters. The molecule has 0 spiro atoms. The van der Waals surface area contributed by atoms with Crippen LogP contribution in [-0.2, 0) is 4.79 Å². The van der Waals surface area contributed by atoms with E-state index < -0.39 is 5.97 Å². The topological polar surface area (TPSA) is 37.3 Å². The number of carbonyl (C=O) groups is 1. The first kappa shape index (κ1) is 6.89. The van der Waals surface area contributed by atoms with Crippen LogP contribution in [0.2, 0.25) is 0 Å². The van der Waals surface area contributed by atoms with Crippen molar-refractivity contribution in [2.75, 3.05) is 0 Å². The van der Waals surface area contributed by atoms with Crippen molar-refractivity contribution in [3.8, 4) is 0 Å². The maximum absolute atomic E-state index is 10.4. The predicted molar refractivity (Wildman–Crippen MR) is 41.2 cm³/mol. The van der Waals surface area contributed by atoms with Crippen LogP contribution in [0.25, 0.3) is 0 Å². The van der Waals surface area contributed by atoms with Crippen molar-refractivity contribution in [3.63, 3.8) is 0 Å². The molecule has 2 rings (SSSR count). The van der Waals surface area contributed by atoms with Crippen LogP contribution in [0.3, 0.4) is 0 Å². The van der Waals surface area contributed by atoms with Gasteiger partial charge >= 0.3 is 5.97 Å². The lowest BCUT2D eigenvalue weighted by Gasteiger charge is -1.99. The van der Waals surface area contributed by atoms with Crippen LogP contribution >= 0.6 is 0 Å². The number of allylic oxidation sites excluding steroid dienone is 1. The van der Waals surface area contributed by atoms with E-state index in [0.29, 0.717) is 11.8 Å². The van der Waals surface area contributed by atoms with E-state index in [1.54, 1.807) is 0 Å². The molecule has 0 aromatic heterocycles. The number of rotatable bonds is 3. The second-order valence-corrected chi connectivity index (χ2v) is 3.53. The molecular formula is C9H12O2. The summed E-state index contributed by atoms with van der Waals surface area (Å²) in [6, 6.07) is 0. The molecule has 0 radical (unpaired) electrons. The molecule has 2 fully saturated rings. The van der Waals surface area contributed by atoms with Gasteiger partial charge in [-0.15, -0.1) is 0 Å². The van der Waals surface area contributed by atoms with Crippen LogP contribution in [0.15, 0.2) is 11.6 Å². The summed E-state index contributed by atoms with van der Waals surface area (Å²) in [4.78, 5) is 10.4. The third kappa shape index (κ3) is 1.62. The van der Waals surface area contributed by atoms with Gasteiger partial charge in [-0.25, -0.2) is 4.79 Å². The van der Waals surface area contributed by atoms with Crippen LogP contribution in [0.1, 0.15) is 25.7 Å². The van der Waals surface area contributed by atoms with E-state index >= 15 is 0 Å². The first-order valence-corrected chi connectivity index (χ1v) is 4.22. The number of carboxylic acid groups (broad SMARTS) is 1. The molecule has 0 heterocycles. The summed E-state index contributed by atoms with van der Waals surface area (Å²) < 4.78 is 0. The van der Waals surface area contributed by atoms with E-state index in [1.165, 1.54) is 37.3 Å². The van der Waals surface area contributed by atoms with E-state index in [-0.39, 0.29) is 0 Å². The number of hydrogen-bond donors (Lipinski definition) is 1. The van der Waals surface area contributed by atoms with Crippen molar-refractivity contribution in [2.24, 2.45) is 11.8 Å². The predicted octanol–water partition coefficient (Wildman–Crippen LogP) is 1.82. The minimum Gasteiger partial charge on any atom is -0.478 e. The van der Waals surface area contributed by atoms with Crippen LogP contribution in [0.4, 0.5) is 0 Å². The molecule has 2 nitrogen and oxygen atoms in total. The first-order valence-electron chi connectivity index (χ1n) is 4.22. The van der Waals surface area contributed by atoms with Gasteiger partial charge in [-0.1, -0.05) is 5.57 Å². The van der Waals surface area contributed by atoms with Crippen molar-refractivity contribution < 1.29 is 9.90 Å². The zero-order valence-corrected chi connectivity index (χ0v) is 6.42. The van der Waals surface area contributed by atoms with Crippen LogP contribution in [0.5, 0.6) is 0 Å². The maximum atomic E-state index is 10.4. The highest BCUT2D eigenvalue weighted by Crippen LogP contribution is 2.48. The van der Waals surface area contributed by atoms with Crippen molar-refractivity contribution >= 4 is 5.97 Å². The van der Waals surface area contributed by atoms with E-state index in [4.69, 9.17) is 5.11 Å². The summed E-state index contributed by atoms with van der Waals surface area (Å²) in [6.45, 7) is 0. The molecule has 1 N–H and O–H groups in total. The largest absolute Gasteiger partial charge is 0.478 e. The maximum Gasteiger partial charge on any atom is 0.328 e. The molecular weight excluding hydrogens is 140 g/mol. The van der Waals surface area contributed by atoms with Gasteiger partial charge in [0.1, 0.15) is 0 Å². The molecule has 0 aromatic carbocycles. The van der Waals surface area contributed by atoms with Gasteiger partial charge < -0.3 is 5.11 Å². The zero-order valence-electron chi connectivity index (χ0n) is 6.42. The molecule has 11 heavy (non-hydrogen) atoms. The molecule has 0 saturated heterocycles. The van der Waals surface area contributed by atoms with E-state index in [1.807, 2.05) is 0 Å². The molecule has 0 amide bonds. The van der Waals surface area contributed by atoms with Gasteiger partial charge in [0, 0.05) is 6.08 Å². The smallest absolute Gasteiger partial charge is 0.328 e. The molecule has 2 heteroatoms. The highest BCUT2D eigenvalue weighted by molar-refractivity contribution is 5.81. The average molecular weight is 152 g/mol. The van der Waals surface area contributed by atoms with Gasteiger partial charge in [0.05, 0.1) is 0 Å². The summed E-state index contributed by atoms with van der Waals surface area (Å²) in [7, 11) is 0. The number of hydrogen-bond acceptors (Lipinski definition) is 1. The van der Waals surface area contributed by atoms with Gasteiger partial charge in [0.2, 0.25) is 0 Å². The second-order valence-electron chi connectivity index (χ2n) is 3.53. The highest BCUT2D eigenvalue weighted by Gasteiger charge is 2.36. The van der Waals surface area contributed by atoms with Crippen molar-refractivity contribution in [1.29, 1.82) is 0 Å². The van der Waals surface area contributed by atoms with Crippen molar-refractivity contribution in [3.05, 3.63) is 11.6 Å². The number of aliphatic carboxylic acids is 1. The summed E-state index contributed by atoms with van der Waals surface area (Å²) in [6.07, 6.45) is 6.31. The Morgan fingerprint density at radius 1 is 1.18 bits per heavy atom. The summed E-state index contributed by atoms with van der Waals surface area (Å²) in [5.41, 5.74) is 1.22. The average Bonchev–Trinajstić information content (AvgIpc) is 2.79. The second kappa shape index (κ2) is 2.36. The van der Waals surface area contributed by atoms with Gasteiger partial charge in [-0.2, -0.15) is 0 Å². The van der Waals surface area contributed by atoms with Gasteiger partial charge in [0.25, 0.3) is 0 Å². The molecule has 0 aliphatic heterocycles. The van der Waals surface area contributed by atoms with Crippen LogP contribution < -0.4 is 0 Å². The fourth-order valence-corrected chi connectivity index (χ4v) is 1.54. The molecule has 2 aliphatic carbocycles. The van der Waals surface area contributed by atoms with Crippen LogP contribution in [-0.4, -0.2) is 11.1 Å². The number of carboxylic acids is 1. The fourth-order valence-electron chi connectivity index (χ4n) is 1.54. The Balaban J connectivity index is 2.07. The first-order chi connectivity index (χ1) is 5.27. The van der Waals surface area contributed by atoms with E-state index in [2.05, 4.69) is 0 Å². The van der Waals surface area contributed by atoms with Crippen LogP contribution in [0, 0.1) is 11.8 Å². The Kier molecular flexibility index (Phi) is 1.48. The fraction of sp³-hybridized carbons (Fsp3) is 0.667. The molecule has 0 unspecified atom stereocenters. The lowest BCUT2D eigenvalue weighted by Crippen LogP contribution is -1.95. The van der Waals surface area contributed by atoms with Crippen molar-refractivity contribution in [2.45, 2.75) is 25.7 Å². The third-order valence-corrected chi connectivity index (χ3v) is 2.39. The monoisotopic (exact) mass is 152 g/mol. The molecule has 60 valence electrons. The summed E-state index contributed by atoms with van der Waals surface area (Å²) in [5.74, 6) is 0.510. The quantitative estimate of drug-likeness (QED) is 0.626. The third-order valence-electron chi connectivity index (χ3n) is 2.39. The van der Waals surface area contributed by atoms with Gasteiger partial charge in [-0.05, 0) is 37.5 Å². The Labute approximate surface area is 65.9 Å². The Hall–Kier alpha value is -0.790. The van der Waals surface area contributed by atoms with Gasteiger partial charge in [-0.3, -0.25) is 0 Å². The normalized spacial score (nSPS) is 22.9. The molecule has 2 aliphatic rings. The highest BCUT2D eigenvalue weighted by atomic mass is 16.4. The van der Waals surface area contributed by atoms with E-state index in [9.17, 15) is 4.79 Å². The van der Waals surface area contributed by atoms with Gasteiger partial charge in [0.15, 0.2) is 0 Å². The lowest BCUT2D eigenvalue weighted by molar-refractivity contribution is -0.131. The lowest BCUT2D eigenvalue weighted by atomic mass is 10.1. The molecule has 0 aromatic rings. The summed E-state index contributed by atoms with van der Waals surface area (Å²) >= 11 is 0. The Bertz CT molecular complexity index is 196.